The number of primary sulfonamides is 1. The van der Waals surface area contributed by atoms with E-state index in [1.165, 1.54) is 6.07 Å². The number of hydrogen-bond acceptors (Lipinski definition) is 6. The molecule has 0 atom stereocenters. The molecule has 0 amide bonds. The zero-order valence-electron chi connectivity index (χ0n) is 20.6. The average molecular weight is 517 g/mol. The first-order valence-electron chi connectivity index (χ1n) is 11.6. The number of nitrogens with two attached hydrogens (primary N) is 2. The fraction of sp³-hybridized carbons (Fsp3) is 0.143. The molecule has 0 bridgehead atoms. The molecule has 1 heterocycles. The van der Waals surface area contributed by atoms with Gasteiger partial charge in [0.25, 0.3) is 0 Å². The standard InChI is InChI=1S/C28H28N4O4S/c1-3-36-28(33)26-18-32(16-21-6-4-5-20(14-21)15-31-29)17-25(26)23-10-8-22(9-11-23)24-13-19(2)7-12-27(24)37(30,34)35/h4-15,17-18H,3,16,29H2,1-2H3,(H2,30,34,35). The Kier molecular flexibility index (Phi) is 7.56. The monoisotopic (exact) mass is 516 g/mol. The number of sulfonamides is 1. The second kappa shape index (κ2) is 10.8. The maximum atomic E-state index is 12.8. The Balaban J connectivity index is 1.73. The average Bonchev–Trinajstić information content (AvgIpc) is 3.28. The summed E-state index contributed by atoms with van der Waals surface area (Å²) in [5, 5.41) is 9.02. The molecule has 0 radical (unpaired) electrons. The zero-order valence-corrected chi connectivity index (χ0v) is 21.4. The molecule has 0 aliphatic carbocycles. The molecule has 0 aliphatic heterocycles. The second-order valence-corrected chi connectivity index (χ2v) is 10.2. The van der Waals surface area contributed by atoms with Gasteiger partial charge >= 0.3 is 5.97 Å². The number of aryl methyl sites for hydroxylation is 1. The highest BCUT2D eigenvalue weighted by Crippen LogP contribution is 2.32. The third kappa shape index (κ3) is 5.96. The lowest BCUT2D eigenvalue weighted by Crippen LogP contribution is -2.13. The highest BCUT2D eigenvalue weighted by molar-refractivity contribution is 7.89. The molecule has 9 heteroatoms. The minimum atomic E-state index is -3.90. The van der Waals surface area contributed by atoms with Crippen LogP contribution in [-0.2, 0) is 21.3 Å². The molecule has 190 valence electrons. The van der Waals surface area contributed by atoms with E-state index in [0.29, 0.717) is 28.8 Å². The molecule has 0 fully saturated rings. The smallest absolute Gasteiger partial charge is 0.340 e. The van der Waals surface area contributed by atoms with Gasteiger partial charge in [-0.3, -0.25) is 0 Å². The largest absolute Gasteiger partial charge is 0.462 e. The van der Waals surface area contributed by atoms with Crippen LogP contribution in [-0.4, -0.2) is 31.8 Å². The van der Waals surface area contributed by atoms with Gasteiger partial charge in [0, 0.05) is 30.1 Å². The molecule has 8 nitrogen and oxygen atoms in total. The van der Waals surface area contributed by atoms with Crippen LogP contribution < -0.4 is 11.0 Å². The Labute approximate surface area is 216 Å². The third-order valence-corrected chi connectivity index (χ3v) is 6.83. The molecule has 0 saturated heterocycles. The van der Waals surface area contributed by atoms with Crippen molar-refractivity contribution < 1.29 is 17.9 Å². The Morgan fingerprint density at radius 3 is 2.35 bits per heavy atom. The van der Waals surface area contributed by atoms with Gasteiger partial charge in [-0.1, -0.05) is 60.2 Å². The van der Waals surface area contributed by atoms with Gasteiger partial charge in [0.15, 0.2) is 0 Å². The Hall–Kier alpha value is -4.21. The normalized spacial score (nSPS) is 11.6. The van der Waals surface area contributed by atoms with Crippen LogP contribution in [0.5, 0.6) is 0 Å². The van der Waals surface area contributed by atoms with E-state index in [4.69, 9.17) is 15.7 Å². The summed E-state index contributed by atoms with van der Waals surface area (Å²) in [4.78, 5) is 12.8. The molecule has 0 unspecified atom stereocenters. The van der Waals surface area contributed by atoms with E-state index >= 15 is 0 Å². The van der Waals surface area contributed by atoms with Crippen LogP contribution in [0.4, 0.5) is 0 Å². The minimum absolute atomic E-state index is 0.0612. The van der Waals surface area contributed by atoms with Gasteiger partial charge in [-0.05, 0) is 48.2 Å². The first-order valence-corrected chi connectivity index (χ1v) is 13.2. The lowest BCUT2D eigenvalue weighted by molar-refractivity contribution is 0.0527. The van der Waals surface area contributed by atoms with Crippen molar-refractivity contribution in [1.29, 1.82) is 0 Å². The fourth-order valence-electron chi connectivity index (χ4n) is 4.22. The molecule has 0 spiro atoms. The van der Waals surface area contributed by atoms with Crippen LogP contribution in [0.2, 0.25) is 0 Å². The van der Waals surface area contributed by atoms with E-state index in [9.17, 15) is 13.2 Å². The van der Waals surface area contributed by atoms with Crippen molar-refractivity contribution in [2.45, 2.75) is 25.3 Å². The Morgan fingerprint density at radius 1 is 1.00 bits per heavy atom. The highest BCUT2D eigenvalue weighted by Gasteiger charge is 2.19. The summed E-state index contributed by atoms with van der Waals surface area (Å²) in [5.74, 6) is 4.86. The van der Waals surface area contributed by atoms with Crippen molar-refractivity contribution in [1.82, 2.24) is 4.57 Å². The number of ether oxygens (including phenoxy) is 1. The summed E-state index contributed by atoms with van der Waals surface area (Å²) < 4.78 is 31.5. The summed E-state index contributed by atoms with van der Waals surface area (Å²) in [6.07, 6.45) is 5.24. The predicted molar refractivity (Wildman–Crippen MR) is 145 cm³/mol. The van der Waals surface area contributed by atoms with E-state index in [1.807, 2.05) is 66.2 Å². The topological polar surface area (TPSA) is 130 Å². The number of rotatable bonds is 8. The molecule has 4 rings (SSSR count). The predicted octanol–water partition coefficient (Wildman–Crippen LogP) is 4.30. The van der Waals surface area contributed by atoms with E-state index in [-0.39, 0.29) is 11.5 Å². The van der Waals surface area contributed by atoms with Crippen molar-refractivity contribution in [3.8, 4) is 22.3 Å². The molecule has 37 heavy (non-hydrogen) atoms. The minimum Gasteiger partial charge on any atom is -0.462 e. The number of carbonyl (C=O) groups excluding carboxylic acids is 1. The number of hydrogen-bond donors (Lipinski definition) is 2. The zero-order chi connectivity index (χ0) is 26.6. The quantitative estimate of drug-likeness (QED) is 0.156. The highest BCUT2D eigenvalue weighted by atomic mass is 32.2. The van der Waals surface area contributed by atoms with Crippen molar-refractivity contribution >= 4 is 22.2 Å². The molecular formula is C28H28N4O4S. The van der Waals surface area contributed by atoms with Crippen molar-refractivity contribution in [3.05, 3.63) is 101 Å². The van der Waals surface area contributed by atoms with Crippen LogP contribution in [0.3, 0.4) is 0 Å². The SMILES string of the molecule is CCOC(=O)c1cn(Cc2cccc(C=NN)c2)cc1-c1ccc(-c2cc(C)ccc2S(N)(=O)=O)cc1. The first-order chi connectivity index (χ1) is 17.7. The van der Waals surface area contributed by atoms with E-state index in [1.54, 1.807) is 31.5 Å². The van der Waals surface area contributed by atoms with E-state index in [0.717, 1.165) is 22.3 Å². The van der Waals surface area contributed by atoms with Gasteiger partial charge in [-0.25, -0.2) is 18.4 Å². The molecule has 4 N–H and O–H groups in total. The van der Waals surface area contributed by atoms with Gasteiger partial charge in [-0.15, -0.1) is 0 Å². The van der Waals surface area contributed by atoms with Crippen molar-refractivity contribution in [3.63, 3.8) is 0 Å². The Bertz CT molecular complexity index is 1570. The lowest BCUT2D eigenvalue weighted by Gasteiger charge is -2.10. The number of carbonyl (C=O) groups is 1. The lowest BCUT2D eigenvalue weighted by atomic mass is 9.99. The molecule has 0 aliphatic rings. The number of esters is 1. The van der Waals surface area contributed by atoms with Crippen LogP contribution in [0.1, 0.15) is 34.0 Å². The van der Waals surface area contributed by atoms with Crippen LogP contribution >= 0.6 is 0 Å². The van der Waals surface area contributed by atoms with Gasteiger partial charge < -0.3 is 15.1 Å². The summed E-state index contributed by atoms with van der Waals surface area (Å²) in [5.41, 5.74) is 5.97. The van der Waals surface area contributed by atoms with E-state index in [2.05, 4.69) is 5.10 Å². The van der Waals surface area contributed by atoms with Crippen LogP contribution in [0.25, 0.3) is 22.3 Å². The molecule has 0 saturated carbocycles. The van der Waals surface area contributed by atoms with Crippen LogP contribution in [0, 0.1) is 6.92 Å². The van der Waals surface area contributed by atoms with Gasteiger partial charge in [-0.2, -0.15) is 5.10 Å². The maximum Gasteiger partial charge on any atom is 0.340 e. The summed E-state index contributed by atoms with van der Waals surface area (Å²) in [6, 6.07) is 20.1. The Morgan fingerprint density at radius 2 is 1.70 bits per heavy atom. The summed E-state index contributed by atoms with van der Waals surface area (Å²) in [6.45, 7) is 4.43. The summed E-state index contributed by atoms with van der Waals surface area (Å²) >= 11 is 0. The van der Waals surface area contributed by atoms with Crippen molar-refractivity contribution in [2.24, 2.45) is 16.1 Å². The molecule has 4 aromatic rings. The molecule has 3 aromatic carbocycles. The number of hydrazone groups is 1. The molecule has 1 aromatic heterocycles. The van der Waals surface area contributed by atoms with Crippen LogP contribution in [0.15, 0.2) is 89.1 Å². The fourth-order valence-corrected chi connectivity index (χ4v) is 4.96. The first kappa shape index (κ1) is 25.9. The third-order valence-electron chi connectivity index (χ3n) is 5.86. The number of nitrogens with zero attached hydrogens (tertiary/aromatic N) is 2. The van der Waals surface area contributed by atoms with Crippen molar-refractivity contribution in [2.75, 3.05) is 6.61 Å². The second-order valence-electron chi connectivity index (χ2n) is 8.62. The van der Waals surface area contributed by atoms with Gasteiger partial charge in [0.1, 0.15) is 0 Å². The maximum absolute atomic E-state index is 12.8. The van der Waals surface area contributed by atoms with E-state index < -0.39 is 16.0 Å². The number of aromatic nitrogens is 1. The summed E-state index contributed by atoms with van der Waals surface area (Å²) in [7, 11) is -3.90. The molecular weight excluding hydrogens is 488 g/mol. The van der Waals surface area contributed by atoms with Gasteiger partial charge in [0.05, 0.1) is 23.3 Å². The number of benzene rings is 3. The van der Waals surface area contributed by atoms with Gasteiger partial charge in [0.2, 0.25) is 10.0 Å².